The van der Waals surface area contributed by atoms with Gasteiger partial charge in [0.1, 0.15) is 17.3 Å². The summed E-state index contributed by atoms with van der Waals surface area (Å²) in [5.74, 6) is -1.65. The van der Waals surface area contributed by atoms with Crippen molar-refractivity contribution in [3.05, 3.63) is 77.9 Å². The third-order valence-corrected chi connectivity index (χ3v) is 5.97. The summed E-state index contributed by atoms with van der Waals surface area (Å²) in [5, 5.41) is 13.1. The maximum atomic E-state index is 14.4. The summed E-state index contributed by atoms with van der Waals surface area (Å²) >= 11 is 0. The van der Waals surface area contributed by atoms with Crippen LogP contribution in [0, 0.1) is 11.6 Å². The molecule has 10 heteroatoms. The van der Waals surface area contributed by atoms with Crippen LogP contribution >= 0.6 is 0 Å². The van der Waals surface area contributed by atoms with Gasteiger partial charge in [-0.05, 0) is 32.1 Å². The van der Waals surface area contributed by atoms with Crippen LogP contribution in [0.2, 0.25) is 0 Å². The maximum Gasteiger partial charge on any atom is 0.272 e. The van der Waals surface area contributed by atoms with E-state index in [4.69, 9.17) is 0 Å². The largest absolute Gasteiger partial charge is 0.505 e. The second kappa shape index (κ2) is 12.1. The van der Waals surface area contributed by atoms with Gasteiger partial charge >= 0.3 is 0 Å². The number of carbonyl (C=O) groups is 1. The number of amides is 1. The number of halogens is 2. The number of carbonyl (C=O) groups excluding carboxylic acids is 1. The lowest BCUT2D eigenvalue weighted by atomic mass is 10.1. The van der Waals surface area contributed by atoms with Crippen LogP contribution in [0.5, 0.6) is 5.75 Å². The van der Waals surface area contributed by atoms with Gasteiger partial charge in [-0.2, -0.15) is 0 Å². The van der Waals surface area contributed by atoms with E-state index in [9.17, 15) is 18.7 Å². The van der Waals surface area contributed by atoms with E-state index in [-0.39, 0.29) is 23.7 Å². The van der Waals surface area contributed by atoms with E-state index < -0.39 is 17.4 Å². The Balaban J connectivity index is 1.75. The Morgan fingerprint density at radius 1 is 1.14 bits per heavy atom. The predicted octanol–water partition coefficient (Wildman–Crippen LogP) is 3.15. The van der Waals surface area contributed by atoms with Crippen LogP contribution in [0.3, 0.4) is 0 Å². The molecule has 1 aromatic carbocycles. The number of amidine groups is 1. The minimum absolute atomic E-state index is 0.130. The molecule has 192 valence electrons. The molecule has 0 saturated carbocycles. The van der Waals surface area contributed by atoms with Crippen LogP contribution in [0.4, 0.5) is 8.78 Å². The second-order valence-electron chi connectivity index (χ2n) is 8.29. The first-order valence-corrected chi connectivity index (χ1v) is 11.7. The number of phenolic OH excluding ortho intramolecular Hbond substituents is 1. The summed E-state index contributed by atoms with van der Waals surface area (Å²) in [6.07, 6.45) is 6.99. The Hall–Kier alpha value is -3.95. The summed E-state index contributed by atoms with van der Waals surface area (Å²) in [6, 6.07) is 1.85. The van der Waals surface area contributed by atoms with Gasteiger partial charge in [0.25, 0.3) is 5.91 Å². The fourth-order valence-corrected chi connectivity index (χ4v) is 3.91. The smallest absolute Gasteiger partial charge is 0.272 e. The van der Waals surface area contributed by atoms with E-state index in [0.717, 1.165) is 12.1 Å². The molecule has 0 radical (unpaired) electrons. The van der Waals surface area contributed by atoms with E-state index in [0.29, 0.717) is 56.6 Å². The highest BCUT2D eigenvalue weighted by Gasteiger charge is 2.27. The van der Waals surface area contributed by atoms with E-state index in [1.165, 1.54) is 0 Å². The van der Waals surface area contributed by atoms with Gasteiger partial charge in [-0.15, -0.1) is 0 Å². The van der Waals surface area contributed by atoms with Crippen LogP contribution in [0.1, 0.15) is 19.4 Å². The zero-order valence-electron chi connectivity index (χ0n) is 20.7. The molecule has 36 heavy (non-hydrogen) atoms. The number of aromatic hydroxyl groups is 1. The predicted molar refractivity (Wildman–Crippen MR) is 137 cm³/mol. The monoisotopic (exact) mass is 498 g/mol. The lowest BCUT2D eigenvalue weighted by molar-refractivity contribution is -0.128. The molecule has 1 amide bonds. The van der Waals surface area contributed by atoms with Crippen molar-refractivity contribution in [2.24, 2.45) is 9.98 Å². The number of piperazine rings is 2. The molecular formula is C26H32F2N6O2. The maximum absolute atomic E-state index is 14.4. The molecule has 2 heterocycles. The summed E-state index contributed by atoms with van der Waals surface area (Å²) in [5.41, 5.74) is 0.478. The summed E-state index contributed by atoms with van der Waals surface area (Å²) in [6.45, 7) is 14.5. The number of hydrogen-bond acceptors (Lipinski definition) is 6. The molecule has 2 saturated heterocycles. The zero-order chi connectivity index (χ0) is 26.2. The number of benzene rings is 1. The number of rotatable bonds is 7. The number of allylic oxidation sites excluding steroid dienone is 3. The minimum Gasteiger partial charge on any atom is -0.505 e. The quantitative estimate of drug-likeness (QED) is 0.446. The van der Waals surface area contributed by atoms with Gasteiger partial charge in [-0.25, -0.2) is 18.8 Å². The normalized spacial score (nSPS) is 18.4. The summed E-state index contributed by atoms with van der Waals surface area (Å²) in [4.78, 5) is 27.5. The Morgan fingerprint density at radius 3 is 2.47 bits per heavy atom. The fraction of sp³-hybridized carbons (Fsp3) is 0.346. The first-order chi connectivity index (χ1) is 17.3. The van der Waals surface area contributed by atoms with Crippen molar-refractivity contribution in [3.63, 3.8) is 0 Å². The number of nitrogens with one attached hydrogen (secondary N) is 1. The van der Waals surface area contributed by atoms with Crippen LogP contribution < -0.4 is 5.32 Å². The molecule has 1 aromatic rings. The van der Waals surface area contributed by atoms with Crippen LogP contribution in [0.25, 0.3) is 0 Å². The molecule has 0 atom stereocenters. The van der Waals surface area contributed by atoms with Gasteiger partial charge in [0.15, 0.2) is 17.4 Å². The number of phenols is 1. The van der Waals surface area contributed by atoms with Gasteiger partial charge in [-0.1, -0.05) is 25.3 Å². The van der Waals surface area contributed by atoms with Gasteiger partial charge in [0, 0.05) is 45.5 Å². The van der Waals surface area contributed by atoms with Crippen molar-refractivity contribution in [2.45, 2.75) is 20.4 Å². The van der Waals surface area contributed by atoms with Crippen LogP contribution in [-0.2, 0) is 11.3 Å². The topological polar surface area (TPSA) is 83.8 Å². The Kier molecular flexibility index (Phi) is 8.99. The first kappa shape index (κ1) is 26.7. The summed E-state index contributed by atoms with van der Waals surface area (Å²) < 4.78 is 28.2. The molecule has 0 aromatic heterocycles. The van der Waals surface area contributed by atoms with Crippen molar-refractivity contribution < 1.29 is 18.7 Å². The van der Waals surface area contributed by atoms with E-state index >= 15 is 0 Å². The standard InChI is InChI=1S/C26H32F2N6O2/c1-5-7-10-30-19(4)32-13-15-33(16-14-32)26(36)23(6-2)31-25-18(3)29-11-12-34(25)17-20-21(27)8-9-22(28)24(20)35/h5-10,29,35H,3-4,11-17H2,1-2H3/b7-5-,23-6-,30-10-,31-25?. The molecular weight excluding hydrogens is 466 g/mol. The average molecular weight is 499 g/mol. The van der Waals surface area contributed by atoms with E-state index in [2.05, 4.69) is 28.5 Å². The molecule has 2 aliphatic heterocycles. The van der Waals surface area contributed by atoms with Crippen molar-refractivity contribution in [1.82, 2.24) is 20.0 Å². The SMILES string of the molecule is C=C1NCCN(Cc2c(F)ccc(F)c2O)C1=N/C(=C\C)C(=O)N1CCN(C(=C)/N=C\C=C/C)CC1. The molecule has 2 aliphatic rings. The molecule has 0 aliphatic carbocycles. The van der Waals surface area contributed by atoms with Crippen LogP contribution in [-0.4, -0.2) is 77.0 Å². The lowest BCUT2D eigenvalue weighted by Gasteiger charge is -2.36. The summed E-state index contributed by atoms with van der Waals surface area (Å²) in [7, 11) is 0. The zero-order valence-corrected chi connectivity index (χ0v) is 20.7. The highest BCUT2D eigenvalue weighted by Crippen LogP contribution is 2.26. The molecule has 0 unspecified atom stereocenters. The lowest BCUT2D eigenvalue weighted by Crippen LogP contribution is -2.49. The van der Waals surface area contributed by atoms with Crippen molar-refractivity contribution in [3.8, 4) is 5.75 Å². The van der Waals surface area contributed by atoms with Crippen LogP contribution in [0.15, 0.2) is 70.7 Å². The van der Waals surface area contributed by atoms with E-state index in [1.807, 2.05) is 24.0 Å². The van der Waals surface area contributed by atoms with E-state index in [1.54, 1.807) is 29.0 Å². The van der Waals surface area contributed by atoms with Gasteiger partial charge in [-0.3, -0.25) is 4.79 Å². The van der Waals surface area contributed by atoms with Gasteiger partial charge in [0.05, 0.1) is 17.8 Å². The fourth-order valence-electron chi connectivity index (χ4n) is 3.91. The highest BCUT2D eigenvalue weighted by atomic mass is 19.1. The molecule has 8 nitrogen and oxygen atoms in total. The molecule has 2 fully saturated rings. The third kappa shape index (κ3) is 6.18. The number of aliphatic imine (C=N–C) groups is 2. The minimum atomic E-state index is -0.905. The Morgan fingerprint density at radius 2 is 1.81 bits per heavy atom. The molecule has 0 spiro atoms. The Bertz CT molecular complexity index is 1130. The molecule has 2 N–H and O–H groups in total. The second-order valence-corrected chi connectivity index (χ2v) is 8.29. The Labute approximate surface area is 210 Å². The average Bonchev–Trinajstić information content (AvgIpc) is 2.88. The van der Waals surface area contributed by atoms with Crippen molar-refractivity contribution in [1.29, 1.82) is 0 Å². The van der Waals surface area contributed by atoms with Crippen molar-refractivity contribution in [2.75, 3.05) is 39.3 Å². The molecule has 3 rings (SSSR count). The van der Waals surface area contributed by atoms with Gasteiger partial charge < -0.3 is 25.1 Å². The molecule has 0 bridgehead atoms. The van der Waals surface area contributed by atoms with Gasteiger partial charge in [0.2, 0.25) is 0 Å². The highest BCUT2D eigenvalue weighted by molar-refractivity contribution is 6.03. The first-order valence-electron chi connectivity index (χ1n) is 11.7. The van der Waals surface area contributed by atoms with Crippen molar-refractivity contribution >= 4 is 18.0 Å². The number of hydrogen-bond donors (Lipinski definition) is 2. The number of nitrogens with zero attached hydrogens (tertiary/aromatic N) is 5. The third-order valence-electron chi connectivity index (χ3n) is 5.97.